The number of halogens is 1. The number of hydrogen-bond acceptors (Lipinski definition) is 3. The van der Waals surface area contributed by atoms with Gasteiger partial charge in [-0.15, -0.1) is 0 Å². The van der Waals surface area contributed by atoms with Crippen molar-refractivity contribution in [2.45, 2.75) is 19.8 Å². The van der Waals surface area contributed by atoms with Crippen molar-refractivity contribution >= 4 is 21.8 Å². The van der Waals surface area contributed by atoms with Crippen molar-refractivity contribution in [3.05, 3.63) is 58.1 Å². The van der Waals surface area contributed by atoms with Crippen molar-refractivity contribution in [1.29, 1.82) is 0 Å². The minimum atomic E-state index is -0.132. The van der Waals surface area contributed by atoms with Crippen LogP contribution in [0.15, 0.2) is 41.3 Å². The van der Waals surface area contributed by atoms with E-state index in [0.29, 0.717) is 17.8 Å². The van der Waals surface area contributed by atoms with Gasteiger partial charge < -0.3 is 5.32 Å². The molecule has 0 unspecified atom stereocenters. The van der Waals surface area contributed by atoms with Gasteiger partial charge in [-0.2, -0.15) is 0 Å². The SMILES string of the molecule is Cc1ncncc1C(=O)NC[C@H](C)c1ccc(Br)cc1. The molecule has 5 heteroatoms. The molecular weight excluding hydrogens is 318 g/mol. The van der Waals surface area contributed by atoms with E-state index in [2.05, 4.69) is 50.3 Å². The fourth-order valence-electron chi connectivity index (χ4n) is 1.86. The highest BCUT2D eigenvalue weighted by Gasteiger charge is 2.12. The molecule has 1 atom stereocenters. The molecule has 1 N–H and O–H groups in total. The number of benzene rings is 1. The predicted molar refractivity (Wildman–Crippen MR) is 81.7 cm³/mol. The molecule has 0 fully saturated rings. The summed E-state index contributed by atoms with van der Waals surface area (Å²) < 4.78 is 1.05. The number of carbonyl (C=O) groups is 1. The van der Waals surface area contributed by atoms with Gasteiger partial charge in [0.05, 0.1) is 11.3 Å². The number of rotatable bonds is 4. The molecule has 0 aliphatic carbocycles. The highest BCUT2D eigenvalue weighted by atomic mass is 79.9. The molecule has 1 heterocycles. The van der Waals surface area contributed by atoms with Crippen molar-refractivity contribution in [1.82, 2.24) is 15.3 Å². The molecule has 0 spiro atoms. The standard InChI is InChI=1S/C15H16BrN3O/c1-10(12-3-5-13(16)6-4-12)7-18-15(20)14-8-17-9-19-11(14)2/h3-6,8-10H,7H2,1-2H3,(H,18,20)/t10-/m0/s1. The molecule has 1 aromatic heterocycles. The minimum absolute atomic E-state index is 0.132. The highest BCUT2D eigenvalue weighted by Crippen LogP contribution is 2.17. The van der Waals surface area contributed by atoms with E-state index in [1.165, 1.54) is 11.9 Å². The Morgan fingerprint density at radius 3 is 2.70 bits per heavy atom. The lowest BCUT2D eigenvalue weighted by Crippen LogP contribution is -2.28. The zero-order valence-electron chi connectivity index (χ0n) is 11.4. The van der Waals surface area contributed by atoms with E-state index in [9.17, 15) is 4.79 Å². The molecule has 0 aliphatic heterocycles. The molecule has 0 saturated carbocycles. The van der Waals surface area contributed by atoms with Gasteiger partial charge >= 0.3 is 0 Å². The van der Waals surface area contributed by atoms with Crippen molar-refractivity contribution in [3.8, 4) is 0 Å². The van der Waals surface area contributed by atoms with Gasteiger partial charge in [-0.25, -0.2) is 9.97 Å². The Kier molecular flexibility index (Phi) is 4.84. The van der Waals surface area contributed by atoms with Crippen LogP contribution >= 0.6 is 15.9 Å². The van der Waals surface area contributed by atoms with Crippen LogP contribution in [-0.4, -0.2) is 22.4 Å². The van der Waals surface area contributed by atoms with Crippen molar-refractivity contribution in [3.63, 3.8) is 0 Å². The third kappa shape index (κ3) is 3.63. The average molecular weight is 334 g/mol. The second-order valence-electron chi connectivity index (χ2n) is 4.68. The number of amides is 1. The summed E-state index contributed by atoms with van der Waals surface area (Å²) in [5.74, 6) is 0.115. The van der Waals surface area contributed by atoms with Crippen LogP contribution in [0.25, 0.3) is 0 Å². The number of nitrogens with zero attached hydrogens (tertiary/aromatic N) is 2. The molecule has 4 nitrogen and oxygen atoms in total. The van der Waals surface area contributed by atoms with Crippen LogP contribution in [0.3, 0.4) is 0 Å². The van der Waals surface area contributed by atoms with Gasteiger partial charge in [-0.1, -0.05) is 35.0 Å². The summed E-state index contributed by atoms with van der Waals surface area (Å²) in [6.07, 6.45) is 2.98. The first-order valence-electron chi connectivity index (χ1n) is 6.38. The summed E-state index contributed by atoms with van der Waals surface area (Å²) in [7, 11) is 0. The number of aromatic nitrogens is 2. The Balaban J connectivity index is 1.97. The largest absolute Gasteiger partial charge is 0.351 e. The Bertz CT molecular complexity index is 598. The maximum absolute atomic E-state index is 12.1. The molecule has 20 heavy (non-hydrogen) atoms. The maximum atomic E-state index is 12.1. The first-order chi connectivity index (χ1) is 9.58. The number of carbonyl (C=O) groups excluding carboxylic acids is 1. The van der Waals surface area contributed by atoms with Crippen LogP contribution in [0.4, 0.5) is 0 Å². The molecule has 0 aliphatic rings. The third-order valence-electron chi connectivity index (χ3n) is 3.16. The topological polar surface area (TPSA) is 54.9 Å². The van der Waals surface area contributed by atoms with Crippen LogP contribution in [-0.2, 0) is 0 Å². The fourth-order valence-corrected chi connectivity index (χ4v) is 2.13. The normalized spacial score (nSPS) is 11.9. The first kappa shape index (κ1) is 14.7. The molecule has 1 aromatic carbocycles. The lowest BCUT2D eigenvalue weighted by Gasteiger charge is -2.13. The van der Waals surface area contributed by atoms with Gasteiger partial charge in [0.1, 0.15) is 6.33 Å². The van der Waals surface area contributed by atoms with Crippen LogP contribution in [0.2, 0.25) is 0 Å². The minimum Gasteiger partial charge on any atom is -0.351 e. The summed E-state index contributed by atoms with van der Waals surface area (Å²) >= 11 is 3.41. The molecule has 2 aromatic rings. The number of hydrogen-bond donors (Lipinski definition) is 1. The van der Waals surface area contributed by atoms with E-state index in [1.54, 1.807) is 13.1 Å². The van der Waals surface area contributed by atoms with E-state index in [4.69, 9.17) is 0 Å². The number of aryl methyl sites for hydroxylation is 1. The summed E-state index contributed by atoms with van der Waals surface area (Å²) in [5.41, 5.74) is 2.40. The van der Waals surface area contributed by atoms with E-state index < -0.39 is 0 Å². The van der Waals surface area contributed by atoms with Crippen molar-refractivity contribution < 1.29 is 4.79 Å². The maximum Gasteiger partial charge on any atom is 0.254 e. The highest BCUT2D eigenvalue weighted by molar-refractivity contribution is 9.10. The van der Waals surface area contributed by atoms with Crippen LogP contribution in [0, 0.1) is 6.92 Å². The smallest absolute Gasteiger partial charge is 0.254 e. The van der Waals surface area contributed by atoms with Crippen molar-refractivity contribution in [2.75, 3.05) is 6.54 Å². The Hall–Kier alpha value is -1.75. The summed E-state index contributed by atoms with van der Waals surface area (Å²) in [6, 6.07) is 8.11. The first-order valence-corrected chi connectivity index (χ1v) is 7.17. The second-order valence-corrected chi connectivity index (χ2v) is 5.60. The van der Waals surface area contributed by atoms with E-state index >= 15 is 0 Å². The lowest BCUT2D eigenvalue weighted by molar-refractivity contribution is 0.0950. The molecule has 1 amide bonds. The molecule has 0 saturated heterocycles. The quantitative estimate of drug-likeness (QED) is 0.935. The third-order valence-corrected chi connectivity index (χ3v) is 3.69. The Morgan fingerprint density at radius 1 is 1.35 bits per heavy atom. The van der Waals surface area contributed by atoms with Crippen LogP contribution in [0.1, 0.15) is 34.5 Å². The van der Waals surface area contributed by atoms with Gasteiger partial charge in [0.2, 0.25) is 0 Å². The molecule has 104 valence electrons. The van der Waals surface area contributed by atoms with Gasteiger partial charge in [0, 0.05) is 17.2 Å². The van der Waals surface area contributed by atoms with E-state index in [1.807, 2.05) is 12.1 Å². The monoisotopic (exact) mass is 333 g/mol. The van der Waals surface area contributed by atoms with Crippen LogP contribution in [0.5, 0.6) is 0 Å². The van der Waals surface area contributed by atoms with E-state index in [0.717, 1.165) is 4.47 Å². The van der Waals surface area contributed by atoms with Gasteiger partial charge in [0.25, 0.3) is 5.91 Å². The van der Waals surface area contributed by atoms with E-state index in [-0.39, 0.29) is 11.8 Å². The van der Waals surface area contributed by atoms with Crippen LogP contribution < -0.4 is 5.32 Å². The fraction of sp³-hybridized carbons (Fsp3) is 0.267. The average Bonchev–Trinajstić information content (AvgIpc) is 2.45. The van der Waals surface area contributed by atoms with Crippen molar-refractivity contribution in [2.24, 2.45) is 0 Å². The van der Waals surface area contributed by atoms with Gasteiger partial charge in [-0.3, -0.25) is 4.79 Å². The predicted octanol–water partition coefficient (Wildman–Crippen LogP) is 3.08. The summed E-state index contributed by atoms with van der Waals surface area (Å²) in [4.78, 5) is 20.0. The zero-order chi connectivity index (χ0) is 14.5. The zero-order valence-corrected chi connectivity index (χ0v) is 13.0. The second kappa shape index (κ2) is 6.61. The van der Waals surface area contributed by atoms with Gasteiger partial charge in [-0.05, 0) is 30.5 Å². The molecule has 2 rings (SSSR count). The molecule has 0 bridgehead atoms. The number of nitrogens with one attached hydrogen (secondary N) is 1. The Morgan fingerprint density at radius 2 is 2.05 bits per heavy atom. The summed E-state index contributed by atoms with van der Waals surface area (Å²) in [6.45, 7) is 4.46. The van der Waals surface area contributed by atoms with Gasteiger partial charge in [0.15, 0.2) is 0 Å². The summed E-state index contributed by atoms with van der Waals surface area (Å²) in [5, 5.41) is 2.92. The molecule has 0 radical (unpaired) electrons. The Labute approximate surface area is 126 Å². The molecular formula is C15H16BrN3O. The lowest BCUT2D eigenvalue weighted by atomic mass is 10.0.